The fourth-order valence-corrected chi connectivity index (χ4v) is 4.06. The minimum Gasteiger partial charge on any atom is -0.285 e. The number of hydrogen-bond acceptors (Lipinski definition) is 5. The third kappa shape index (κ3) is 11.9. The van der Waals surface area contributed by atoms with Crippen molar-refractivity contribution >= 4 is 21.6 Å². The number of nitrogens with zero attached hydrogens (tertiary/aromatic N) is 3. The Hall–Kier alpha value is -1.96. The first-order valence-electron chi connectivity index (χ1n) is 11.1. The average Bonchev–Trinajstić information content (AvgIpc) is 2.70. The van der Waals surface area contributed by atoms with E-state index in [-0.39, 0.29) is 11.3 Å². The van der Waals surface area contributed by atoms with Gasteiger partial charge in [-0.2, -0.15) is 0 Å². The number of benzene rings is 1. The van der Waals surface area contributed by atoms with E-state index in [1.807, 2.05) is 0 Å². The summed E-state index contributed by atoms with van der Waals surface area (Å²) in [6, 6.07) is 5.94. The lowest BCUT2D eigenvalue weighted by molar-refractivity contribution is -0.119. The minimum atomic E-state index is -3.85. The molecule has 0 fully saturated rings. The lowest BCUT2D eigenvalue weighted by Crippen LogP contribution is -2.30. The SMILES string of the molecule is CCCCCCCCCCCCCC(=O)NS(=O)(=O)c1ccc(N=NN(C)C)cc1. The van der Waals surface area contributed by atoms with Crippen LogP contribution in [-0.2, 0) is 14.8 Å². The van der Waals surface area contributed by atoms with E-state index in [1.54, 1.807) is 31.2 Å². The molecule has 30 heavy (non-hydrogen) atoms. The number of hydrogen-bond donors (Lipinski definition) is 1. The van der Waals surface area contributed by atoms with E-state index < -0.39 is 15.9 Å². The highest BCUT2D eigenvalue weighted by Crippen LogP contribution is 2.17. The maximum Gasteiger partial charge on any atom is 0.264 e. The molecule has 0 heterocycles. The number of nitrogens with one attached hydrogen (secondary N) is 1. The number of sulfonamides is 1. The van der Waals surface area contributed by atoms with Crippen molar-refractivity contribution in [3.05, 3.63) is 24.3 Å². The van der Waals surface area contributed by atoms with E-state index >= 15 is 0 Å². The first-order valence-corrected chi connectivity index (χ1v) is 12.6. The van der Waals surface area contributed by atoms with Crippen LogP contribution < -0.4 is 4.72 Å². The molecule has 0 bridgehead atoms. The molecule has 0 aliphatic rings. The molecule has 7 nitrogen and oxygen atoms in total. The Bertz CT molecular complexity index is 731. The van der Waals surface area contributed by atoms with Crippen molar-refractivity contribution in [2.24, 2.45) is 10.3 Å². The lowest BCUT2D eigenvalue weighted by atomic mass is 10.1. The van der Waals surface area contributed by atoms with E-state index in [2.05, 4.69) is 22.0 Å². The molecule has 1 aromatic carbocycles. The average molecular weight is 439 g/mol. The molecule has 0 radical (unpaired) electrons. The summed E-state index contributed by atoms with van der Waals surface area (Å²) in [5.74, 6) is -0.456. The van der Waals surface area contributed by atoms with Crippen molar-refractivity contribution < 1.29 is 13.2 Å². The van der Waals surface area contributed by atoms with Gasteiger partial charge in [0.05, 0.1) is 10.6 Å². The molecule has 1 amide bonds. The first-order chi connectivity index (χ1) is 14.3. The number of amides is 1. The van der Waals surface area contributed by atoms with Crippen molar-refractivity contribution in [2.75, 3.05) is 14.1 Å². The third-order valence-corrected chi connectivity index (χ3v) is 6.13. The molecule has 0 saturated heterocycles. The zero-order valence-corrected chi connectivity index (χ0v) is 19.6. The van der Waals surface area contributed by atoms with Crippen LogP contribution in [0.4, 0.5) is 5.69 Å². The van der Waals surface area contributed by atoms with Gasteiger partial charge in [0.2, 0.25) is 5.91 Å². The molecular formula is C22H38N4O3S. The van der Waals surface area contributed by atoms with Gasteiger partial charge in [-0.3, -0.25) is 9.80 Å². The van der Waals surface area contributed by atoms with Crippen molar-refractivity contribution in [1.82, 2.24) is 9.73 Å². The molecule has 1 aromatic rings. The van der Waals surface area contributed by atoms with Crippen LogP contribution in [0.2, 0.25) is 0 Å². The molecule has 170 valence electrons. The fourth-order valence-electron chi connectivity index (χ4n) is 3.04. The molecule has 0 unspecified atom stereocenters. The largest absolute Gasteiger partial charge is 0.285 e. The lowest BCUT2D eigenvalue weighted by Gasteiger charge is -2.07. The quantitative estimate of drug-likeness (QED) is 0.202. The van der Waals surface area contributed by atoms with Gasteiger partial charge >= 0.3 is 0 Å². The second kappa shape index (κ2) is 14.9. The summed E-state index contributed by atoms with van der Waals surface area (Å²) >= 11 is 0. The number of unbranched alkanes of at least 4 members (excludes halogenated alkanes) is 10. The molecule has 8 heteroatoms. The summed E-state index contributed by atoms with van der Waals surface area (Å²) in [6.45, 7) is 2.23. The van der Waals surface area contributed by atoms with Crippen LogP contribution in [0.25, 0.3) is 0 Å². The second-order valence-electron chi connectivity index (χ2n) is 7.84. The summed E-state index contributed by atoms with van der Waals surface area (Å²) in [5, 5.41) is 9.35. The molecule has 1 rings (SSSR count). The van der Waals surface area contributed by atoms with Gasteiger partial charge in [-0.25, -0.2) is 13.1 Å². The van der Waals surface area contributed by atoms with Gasteiger partial charge in [0, 0.05) is 20.5 Å². The molecule has 0 saturated carbocycles. The van der Waals surface area contributed by atoms with E-state index in [9.17, 15) is 13.2 Å². The number of carbonyl (C=O) groups excluding carboxylic acids is 1. The first kappa shape index (κ1) is 26.1. The molecule has 0 aromatic heterocycles. The molecule has 0 aliphatic carbocycles. The van der Waals surface area contributed by atoms with Crippen LogP contribution in [0, 0.1) is 0 Å². The Morgan fingerprint density at radius 1 is 0.867 bits per heavy atom. The summed E-state index contributed by atoms with van der Waals surface area (Å²) in [5.41, 5.74) is 0.537. The molecule has 0 aliphatic heterocycles. The van der Waals surface area contributed by atoms with Crippen LogP contribution >= 0.6 is 0 Å². The zero-order chi connectivity index (χ0) is 22.2. The van der Waals surface area contributed by atoms with Crippen molar-refractivity contribution in [3.8, 4) is 0 Å². The van der Waals surface area contributed by atoms with E-state index in [0.717, 1.165) is 12.8 Å². The number of rotatable bonds is 16. The Morgan fingerprint density at radius 2 is 1.37 bits per heavy atom. The Labute approximate surface area is 182 Å². The highest BCUT2D eigenvalue weighted by Gasteiger charge is 2.17. The van der Waals surface area contributed by atoms with E-state index in [4.69, 9.17) is 0 Å². The van der Waals surface area contributed by atoms with E-state index in [1.165, 1.54) is 63.5 Å². The third-order valence-electron chi connectivity index (χ3n) is 4.74. The summed E-state index contributed by atoms with van der Waals surface area (Å²) < 4.78 is 26.8. The normalized spacial score (nSPS) is 11.7. The van der Waals surface area contributed by atoms with Crippen LogP contribution in [0.5, 0.6) is 0 Å². The predicted molar refractivity (Wildman–Crippen MR) is 121 cm³/mol. The summed E-state index contributed by atoms with van der Waals surface area (Å²) in [7, 11) is -0.367. The summed E-state index contributed by atoms with van der Waals surface area (Å²) in [6.07, 6.45) is 13.3. The van der Waals surface area contributed by atoms with Gasteiger partial charge in [-0.15, -0.1) is 5.11 Å². The van der Waals surface area contributed by atoms with Crippen molar-refractivity contribution in [3.63, 3.8) is 0 Å². The molecule has 0 spiro atoms. The Morgan fingerprint density at radius 3 is 1.87 bits per heavy atom. The topological polar surface area (TPSA) is 91.2 Å². The molecular weight excluding hydrogens is 400 g/mol. The highest BCUT2D eigenvalue weighted by atomic mass is 32.2. The molecule has 1 N–H and O–H groups in total. The maximum absolute atomic E-state index is 12.3. The zero-order valence-electron chi connectivity index (χ0n) is 18.8. The minimum absolute atomic E-state index is 0.0404. The smallest absolute Gasteiger partial charge is 0.264 e. The summed E-state index contributed by atoms with van der Waals surface area (Å²) in [4.78, 5) is 12.0. The van der Waals surface area contributed by atoms with Gasteiger partial charge in [-0.1, -0.05) is 76.4 Å². The van der Waals surface area contributed by atoms with Crippen LogP contribution in [0.15, 0.2) is 39.5 Å². The van der Waals surface area contributed by atoms with Crippen LogP contribution in [0.3, 0.4) is 0 Å². The predicted octanol–water partition coefficient (Wildman–Crippen LogP) is 5.75. The fraction of sp³-hybridized carbons (Fsp3) is 0.682. The standard InChI is InChI=1S/C22H38N4O3S/c1-4-5-6-7-8-9-10-11-12-13-14-15-22(27)24-30(28,29)21-18-16-20(17-19-21)23-25-26(2)3/h16-19H,4-15H2,1-3H3,(H,24,27). The van der Waals surface area contributed by atoms with E-state index in [0.29, 0.717) is 12.1 Å². The van der Waals surface area contributed by atoms with Gasteiger partial charge in [0.1, 0.15) is 0 Å². The highest BCUT2D eigenvalue weighted by molar-refractivity contribution is 7.90. The van der Waals surface area contributed by atoms with Gasteiger partial charge in [-0.05, 0) is 30.7 Å². The van der Waals surface area contributed by atoms with Gasteiger partial charge < -0.3 is 0 Å². The van der Waals surface area contributed by atoms with Crippen molar-refractivity contribution in [1.29, 1.82) is 0 Å². The maximum atomic E-state index is 12.3. The van der Waals surface area contributed by atoms with Gasteiger partial charge in [0.15, 0.2) is 0 Å². The van der Waals surface area contributed by atoms with Gasteiger partial charge in [0.25, 0.3) is 10.0 Å². The molecule has 0 atom stereocenters. The van der Waals surface area contributed by atoms with Crippen molar-refractivity contribution in [2.45, 2.75) is 88.9 Å². The number of carbonyl (C=O) groups is 1. The Kier molecular flexibility index (Phi) is 13.0. The van der Waals surface area contributed by atoms with Crippen LogP contribution in [0.1, 0.15) is 84.0 Å². The Balaban J connectivity index is 2.22. The van der Waals surface area contributed by atoms with Crippen LogP contribution in [-0.4, -0.2) is 33.4 Å². The monoisotopic (exact) mass is 438 g/mol. The second-order valence-corrected chi connectivity index (χ2v) is 9.53.